The summed E-state index contributed by atoms with van der Waals surface area (Å²) in [6.07, 6.45) is 2.49. The molecule has 0 amide bonds. The van der Waals surface area contributed by atoms with Gasteiger partial charge in [-0.1, -0.05) is 6.92 Å². The lowest BCUT2D eigenvalue weighted by Gasteiger charge is -2.36. The molecule has 1 heterocycles. The third kappa shape index (κ3) is 1.09. The summed E-state index contributed by atoms with van der Waals surface area (Å²) >= 11 is 0. The molecule has 1 saturated heterocycles. The van der Waals surface area contributed by atoms with Crippen molar-refractivity contribution in [2.45, 2.75) is 44.7 Å². The Labute approximate surface area is 75.1 Å². The molecule has 0 aromatic heterocycles. The Hall–Kier alpha value is -0.0800. The number of nitrogens with zero attached hydrogens (tertiary/aromatic N) is 1. The first kappa shape index (κ1) is 8.52. The monoisotopic (exact) mass is 168 g/mol. The van der Waals surface area contributed by atoms with Gasteiger partial charge in [-0.3, -0.25) is 4.90 Å². The van der Waals surface area contributed by atoms with Gasteiger partial charge < -0.3 is 5.73 Å². The molecule has 2 fully saturated rings. The maximum Gasteiger partial charge on any atom is 0.0329 e. The van der Waals surface area contributed by atoms with E-state index in [1.54, 1.807) is 0 Å². The fourth-order valence-corrected chi connectivity index (χ4v) is 2.21. The lowest BCUT2D eigenvalue weighted by molar-refractivity contribution is 0.130. The van der Waals surface area contributed by atoms with Crippen LogP contribution in [0.5, 0.6) is 0 Å². The summed E-state index contributed by atoms with van der Waals surface area (Å²) in [6, 6.07) is 0. The van der Waals surface area contributed by atoms with Gasteiger partial charge in [0.15, 0.2) is 0 Å². The minimum atomic E-state index is 0.215. The molecule has 1 aliphatic carbocycles. The lowest BCUT2D eigenvalue weighted by atomic mass is 9.99. The van der Waals surface area contributed by atoms with Gasteiger partial charge in [0, 0.05) is 24.2 Å². The third-order valence-electron chi connectivity index (χ3n) is 3.93. The van der Waals surface area contributed by atoms with E-state index in [1.165, 1.54) is 19.4 Å². The largest absolute Gasteiger partial charge is 0.324 e. The van der Waals surface area contributed by atoms with E-state index in [-0.39, 0.29) is 5.54 Å². The average Bonchev–Trinajstić information content (AvgIpc) is 2.50. The van der Waals surface area contributed by atoms with E-state index in [1.807, 2.05) is 0 Å². The van der Waals surface area contributed by atoms with Gasteiger partial charge in [0.25, 0.3) is 0 Å². The van der Waals surface area contributed by atoms with Gasteiger partial charge in [0.1, 0.15) is 0 Å². The molecule has 1 aliphatic heterocycles. The molecule has 1 saturated carbocycles. The molecule has 0 bridgehead atoms. The molecule has 70 valence electrons. The second kappa shape index (κ2) is 2.24. The smallest absolute Gasteiger partial charge is 0.0329 e. The van der Waals surface area contributed by atoms with Crippen LogP contribution in [0, 0.1) is 5.92 Å². The van der Waals surface area contributed by atoms with Crippen molar-refractivity contribution >= 4 is 0 Å². The van der Waals surface area contributed by atoms with Crippen LogP contribution in [0.3, 0.4) is 0 Å². The molecule has 0 aromatic carbocycles. The van der Waals surface area contributed by atoms with E-state index in [2.05, 4.69) is 25.7 Å². The first-order chi connectivity index (χ1) is 5.48. The van der Waals surface area contributed by atoms with Crippen molar-refractivity contribution in [1.82, 2.24) is 4.90 Å². The third-order valence-corrected chi connectivity index (χ3v) is 3.93. The van der Waals surface area contributed by atoms with Crippen molar-refractivity contribution in [2.75, 3.05) is 13.1 Å². The topological polar surface area (TPSA) is 29.3 Å². The van der Waals surface area contributed by atoms with E-state index in [4.69, 9.17) is 5.73 Å². The summed E-state index contributed by atoms with van der Waals surface area (Å²) in [6.45, 7) is 9.26. The zero-order valence-electron chi connectivity index (χ0n) is 8.43. The maximum absolute atomic E-state index is 6.15. The van der Waals surface area contributed by atoms with Crippen LogP contribution in [0.1, 0.15) is 33.6 Å². The Bertz CT molecular complexity index is 200. The van der Waals surface area contributed by atoms with Gasteiger partial charge in [0.2, 0.25) is 0 Å². The number of fused-ring (bicyclic) bond motifs is 1. The molecule has 2 atom stereocenters. The number of rotatable bonds is 2. The van der Waals surface area contributed by atoms with Gasteiger partial charge in [-0.15, -0.1) is 0 Å². The van der Waals surface area contributed by atoms with E-state index >= 15 is 0 Å². The Balaban J connectivity index is 2.01. The van der Waals surface area contributed by atoms with E-state index in [0.29, 0.717) is 5.54 Å². The summed E-state index contributed by atoms with van der Waals surface area (Å²) in [4.78, 5) is 2.56. The second-order valence-electron chi connectivity index (χ2n) is 5.18. The number of nitrogens with two attached hydrogens (primary N) is 1. The van der Waals surface area contributed by atoms with Gasteiger partial charge in [-0.05, 0) is 32.6 Å². The van der Waals surface area contributed by atoms with Crippen molar-refractivity contribution in [3.05, 3.63) is 0 Å². The second-order valence-corrected chi connectivity index (χ2v) is 5.18. The van der Waals surface area contributed by atoms with Gasteiger partial charge in [0.05, 0.1) is 0 Å². The first-order valence-electron chi connectivity index (χ1n) is 5.02. The van der Waals surface area contributed by atoms with E-state index in [0.717, 1.165) is 12.5 Å². The standard InChI is InChI=1S/C10H20N2/c1-4-9(2,3)12-6-8-5-10(8,11)7-12/h8H,4-7,11H2,1-3H3. The molecule has 0 aromatic rings. The first-order valence-corrected chi connectivity index (χ1v) is 5.02. The molecular formula is C10H20N2. The summed E-state index contributed by atoms with van der Waals surface area (Å²) in [5, 5.41) is 0. The van der Waals surface area contributed by atoms with Gasteiger partial charge >= 0.3 is 0 Å². The van der Waals surface area contributed by atoms with Gasteiger partial charge in [-0.2, -0.15) is 0 Å². The number of hydrogen-bond donors (Lipinski definition) is 1. The Morgan fingerprint density at radius 3 is 2.67 bits per heavy atom. The molecule has 2 unspecified atom stereocenters. The predicted molar refractivity (Wildman–Crippen MR) is 51.0 cm³/mol. The van der Waals surface area contributed by atoms with Crippen LogP contribution in [0.15, 0.2) is 0 Å². The van der Waals surface area contributed by atoms with Crippen LogP contribution in [0.25, 0.3) is 0 Å². The molecule has 2 N–H and O–H groups in total. The van der Waals surface area contributed by atoms with E-state index in [9.17, 15) is 0 Å². The highest BCUT2D eigenvalue weighted by molar-refractivity contribution is 5.17. The van der Waals surface area contributed by atoms with Crippen molar-refractivity contribution < 1.29 is 0 Å². The maximum atomic E-state index is 6.15. The van der Waals surface area contributed by atoms with Crippen molar-refractivity contribution in [3.63, 3.8) is 0 Å². The molecule has 2 rings (SSSR count). The molecular weight excluding hydrogens is 148 g/mol. The predicted octanol–water partition coefficient (Wildman–Crippen LogP) is 1.21. The summed E-state index contributed by atoms with van der Waals surface area (Å²) in [5.41, 5.74) is 6.73. The van der Waals surface area contributed by atoms with Crippen LogP contribution in [-0.4, -0.2) is 29.1 Å². The van der Waals surface area contributed by atoms with Crippen LogP contribution in [0.4, 0.5) is 0 Å². The van der Waals surface area contributed by atoms with Crippen LogP contribution >= 0.6 is 0 Å². The summed E-state index contributed by atoms with van der Waals surface area (Å²) < 4.78 is 0. The van der Waals surface area contributed by atoms with Crippen LogP contribution < -0.4 is 5.73 Å². The number of likely N-dealkylation sites (tertiary alicyclic amines) is 1. The highest BCUT2D eigenvalue weighted by Gasteiger charge is 2.58. The van der Waals surface area contributed by atoms with Crippen molar-refractivity contribution in [1.29, 1.82) is 0 Å². The molecule has 2 heteroatoms. The Morgan fingerprint density at radius 2 is 2.25 bits per heavy atom. The average molecular weight is 168 g/mol. The van der Waals surface area contributed by atoms with Crippen molar-refractivity contribution in [2.24, 2.45) is 11.7 Å². The zero-order chi connectivity index (χ0) is 8.98. The summed E-state index contributed by atoms with van der Waals surface area (Å²) in [7, 11) is 0. The fourth-order valence-electron chi connectivity index (χ4n) is 2.21. The molecule has 2 nitrogen and oxygen atoms in total. The highest BCUT2D eigenvalue weighted by atomic mass is 15.3. The molecule has 0 radical (unpaired) electrons. The molecule has 2 aliphatic rings. The van der Waals surface area contributed by atoms with Gasteiger partial charge in [-0.25, -0.2) is 0 Å². The number of piperidine rings is 1. The Kier molecular flexibility index (Phi) is 1.59. The lowest BCUT2D eigenvalue weighted by Crippen LogP contribution is -2.45. The van der Waals surface area contributed by atoms with Crippen LogP contribution in [0.2, 0.25) is 0 Å². The van der Waals surface area contributed by atoms with E-state index < -0.39 is 0 Å². The zero-order valence-corrected chi connectivity index (χ0v) is 8.43. The quantitative estimate of drug-likeness (QED) is 0.671. The molecule has 0 spiro atoms. The minimum absolute atomic E-state index is 0.215. The number of hydrogen-bond acceptors (Lipinski definition) is 2. The SMILES string of the molecule is CCC(C)(C)N1CC2CC2(N)C1. The molecule has 12 heavy (non-hydrogen) atoms. The normalized spacial score (nSPS) is 41.5. The van der Waals surface area contributed by atoms with Crippen LogP contribution in [-0.2, 0) is 0 Å². The summed E-state index contributed by atoms with van der Waals surface area (Å²) in [5.74, 6) is 0.809. The minimum Gasteiger partial charge on any atom is -0.324 e. The highest BCUT2D eigenvalue weighted by Crippen LogP contribution is 2.49. The Morgan fingerprint density at radius 1 is 1.58 bits per heavy atom. The fraction of sp³-hybridized carbons (Fsp3) is 1.00. The van der Waals surface area contributed by atoms with Crippen molar-refractivity contribution in [3.8, 4) is 0 Å².